The van der Waals surface area contributed by atoms with Crippen molar-refractivity contribution in [2.45, 2.75) is 51.1 Å². The number of halogens is 2. The SMILES string of the molecule is Cc1c(COc2cc(OCc3cccc(Cl)c3)c(CNC[C@H](O)[C@@H](O)[C@H](O)[C@H](O)CO)cc2Cl)cccc1-c1ccc2c(c1)OCCO2. The molecule has 5 rings (SSSR count). The van der Waals surface area contributed by atoms with E-state index in [1.807, 2.05) is 55.5 Å². The molecular weight excluding hydrogens is 661 g/mol. The Bertz CT molecular complexity index is 1690. The van der Waals surface area contributed by atoms with Crippen LogP contribution in [0.2, 0.25) is 10.0 Å². The summed E-state index contributed by atoms with van der Waals surface area (Å²) in [7, 11) is 0. The van der Waals surface area contributed by atoms with Crippen molar-refractivity contribution in [1.29, 1.82) is 0 Å². The van der Waals surface area contributed by atoms with Crippen LogP contribution < -0.4 is 24.3 Å². The molecule has 12 heteroatoms. The lowest BCUT2D eigenvalue weighted by molar-refractivity contribution is -0.114. The molecule has 48 heavy (non-hydrogen) atoms. The third-order valence-corrected chi connectivity index (χ3v) is 8.61. The first-order valence-corrected chi connectivity index (χ1v) is 16.2. The summed E-state index contributed by atoms with van der Waals surface area (Å²) >= 11 is 12.9. The fourth-order valence-electron chi connectivity index (χ4n) is 5.30. The first kappa shape index (κ1) is 35.7. The second-order valence-electron chi connectivity index (χ2n) is 11.5. The summed E-state index contributed by atoms with van der Waals surface area (Å²) in [6.45, 7) is 2.79. The molecule has 4 aromatic carbocycles. The number of hydrogen-bond donors (Lipinski definition) is 6. The molecule has 10 nitrogen and oxygen atoms in total. The smallest absolute Gasteiger partial charge is 0.161 e. The Morgan fingerprint density at radius 3 is 2.27 bits per heavy atom. The molecule has 0 saturated carbocycles. The summed E-state index contributed by atoms with van der Waals surface area (Å²) < 4.78 is 23.9. The van der Waals surface area contributed by atoms with E-state index in [2.05, 4.69) is 5.32 Å². The van der Waals surface area contributed by atoms with E-state index in [1.54, 1.807) is 24.3 Å². The van der Waals surface area contributed by atoms with Gasteiger partial charge in [0.2, 0.25) is 0 Å². The topological polar surface area (TPSA) is 150 Å². The van der Waals surface area contributed by atoms with Gasteiger partial charge in [-0.15, -0.1) is 0 Å². The zero-order chi connectivity index (χ0) is 34.2. The van der Waals surface area contributed by atoms with E-state index in [0.717, 1.165) is 39.3 Å². The second kappa shape index (κ2) is 16.7. The Hall–Kier alpha value is -3.58. The fourth-order valence-corrected chi connectivity index (χ4v) is 5.76. The number of aliphatic hydroxyl groups excluding tert-OH is 5. The molecule has 6 N–H and O–H groups in total. The Labute approximate surface area is 289 Å². The van der Waals surface area contributed by atoms with Crippen LogP contribution in [0.1, 0.15) is 22.3 Å². The summed E-state index contributed by atoms with van der Waals surface area (Å²) in [4.78, 5) is 0. The lowest BCUT2D eigenvalue weighted by Crippen LogP contribution is -2.48. The van der Waals surface area contributed by atoms with Crippen LogP contribution >= 0.6 is 23.2 Å². The van der Waals surface area contributed by atoms with Gasteiger partial charge in [-0.05, 0) is 65.1 Å². The van der Waals surface area contributed by atoms with Crippen LogP contribution in [0.4, 0.5) is 0 Å². The lowest BCUT2D eigenvalue weighted by atomic mass is 9.96. The van der Waals surface area contributed by atoms with Gasteiger partial charge in [0.15, 0.2) is 11.5 Å². The number of ether oxygens (including phenoxy) is 4. The average molecular weight is 701 g/mol. The Balaban J connectivity index is 1.32. The maximum absolute atomic E-state index is 10.3. The van der Waals surface area contributed by atoms with E-state index in [1.165, 1.54) is 0 Å². The predicted molar refractivity (Wildman–Crippen MR) is 182 cm³/mol. The minimum absolute atomic E-state index is 0.140. The number of rotatable bonds is 15. The van der Waals surface area contributed by atoms with Crippen molar-refractivity contribution in [2.24, 2.45) is 0 Å². The van der Waals surface area contributed by atoms with Crippen LogP contribution in [-0.4, -0.2) is 76.3 Å². The van der Waals surface area contributed by atoms with Crippen LogP contribution in [0.25, 0.3) is 11.1 Å². The second-order valence-corrected chi connectivity index (χ2v) is 12.3. The molecule has 0 spiro atoms. The Kier molecular flexibility index (Phi) is 12.4. The molecule has 4 atom stereocenters. The number of fused-ring (bicyclic) bond motifs is 1. The highest BCUT2D eigenvalue weighted by Crippen LogP contribution is 2.37. The first-order valence-electron chi connectivity index (χ1n) is 15.5. The van der Waals surface area contributed by atoms with E-state index in [4.69, 9.17) is 47.3 Å². The molecule has 0 saturated heterocycles. The highest BCUT2D eigenvalue weighted by molar-refractivity contribution is 6.32. The van der Waals surface area contributed by atoms with Crippen LogP contribution in [0.3, 0.4) is 0 Å². The summed E-state index contributed by atoms with van der Waals surface area (Å²) in [5, 5.41) is 53.0. The first-order chi connectivity index (χ1) is 23.1. The van der Waals surface area contributed by atoms with Crippen LogP contribution in [0.5, 0.6) is 23.0 Å². The predicted octanol–water partition coefficient (Wildman–Crippen LogP) is 4.42. The zero-order valence-electron chi connectivity index (χ0n) is 26.3. The molecule has 0 unspecified atom stereocenters. The third kappa shape index (κ3) is 8.90. The van der Waals surface area contributed by atoms with Gasteiger partial charge in [0.05, 0.1) is 17.7 Å². The molecule has 0 aromatic heterocycles. The minimum atomic E-state index is -1.72. The molecule has 0 aliphatic carbocycles. The van der Waals surface area contributed by atoms with Gasteiger partial charge < -0.3 is 49.8 Å². The molecular formula is C36H39Cl2NO9. The van der Waals surface area contributed by atoms with E-state index in [9.17, 15) is 20.4 Å². The molecule has 4 aromatic rings. The molecule has 0 fully saturated rings. The average Bonchev–Trinajstić information content (AvgIpc) is 3.10. The normalized spacial score (nSPS) is 15.0. The molecule has 256 valence electrons. The van der Waals surface area contributed by atoms with Crippen LogP contribution in [0, 0.1) is 6.92 Å². The van der Waals surface area contributed by atoms with Gasteiger partial charge in [-0.25, -0.2) is 0 Å². The van der Waals surface area contributed by atoms with Crippen LogP contribution in [0.15, 0.2) is 72.8 Å². The van der Waals surface area contributed by atoms with Gasteiger partial charge >= 0.3 is 0 Å². The summed E-state index contributed by atoms with van der Waals surface area (Å²) in [6, 6.07) is 22.6. The largest absolute Gasteiger partial charge is 0.488 e. The molecule has 0 bridgehead atoms. The van der Waals surface area contributed by atoms with Crippen molar-refractivity contribution < 1.29 is 44.5 Å². The summed E-state index contributed by atoms with van der Waals surface area (Å²) in [5.41, 5.74) is 5.54. The third-order valence-electron chi connectivity index (χ3n) is 8.08. The minimum Gasteiger partial charge on any atom is -0.488 e. The van der Waals surface area contributed by atoms with Gasteiger partial charge in [0.1, 0.15) is 56.2 Å². The zero-order valence-corrected chi connectivity index (χ0v) is 27.8. The number of nitrogens with one attached hydrogen (secondary N) is 1. The molecule has 1 aliphatic rings. The van der Waals surface area contributed by atoms with Crippen molar-refractivity contribution >= 4 is 23.2 Å². The van der Waals surface area contributed by atoms with Gasteiger partial charge in [-0.3, -0.25) is 0 Å². The summed E-state index contributed by atoms with van der Waals surface area (Å²) in [5.74, 6) is 2.32. The Morgan fingerprint density at radius 1 is 0.771 bits per heavy atom. The van der Waals surface area contributed by atoms with Gasteiger partial charge in [0, 0.05) is 29.7 Å². The van der Waals surface area contributed by atoms with Crippen molar-refractivity contribution in [3.8, 4) is 34.1 Å². The van der Waals surface area contributed by atoms with Gasteiger partial charge in [-0.1, -0.05) is 59.6 Å². The number of benzene rings is 4. The fraction of sp³-hybridized carbons (Fsp3) is 0.333. The highest BCUT2D eigenvalue weighted by atomic mass is 35.5. The summed E-state index contributed by atoms with van der Waals surface area (Å²) in [6.07, 6.45) is -6.43. The lowest BCUT2D eigenvalue weighted by Gasteiger charge is -2.26. The number of aliphatic hydroxyl groups is 5. The van der Waals surface area contributed by atoms with Crippen molar-refractivity contribution in [3.63, 3.8) is 0 Å². The standard InChI is InChI=1S/C36H39Cl2NO9/c1-21-24(5-3-7-27(21)23-8-9-31-34(14-23)46-11-10-45-31)20-48-33-15-32(47-19-22-4-2-6-26(37)12-22)25(13-28(33)38)16-39-17-29(41)35(43)36(44)30(42)18-40/h2-9,12-15,29-30,35-36,39-44H,10-11,16-20H2,1H3/t29-,30+,35+,36+/m0/s1. The van der Waals surface area contributed by atoms with E-state index < -0.39 is 31.0 Å². The van der Waals surface area contributed by atoms with Crippen molar-refractivity contribution in [1.82, 2.24) is 5.32 Å². The molecule has 0 radical (unpaired) electrons. The van der Waals surface area contributed by atoms with E-state index in [-0.39, 0.29) is 26.3 Å². The van der Waals surface area contributed by atoms with E-state index in [0.29, 0.717) is 40.3 Å². The Morgan fingerprint density at radius 2 is 1.50 bits per heavy atom. The van der Waals surface area contributed by atoms with Gasteiger partial charge in [-0.2, -0.15) is 0 Å². The maximum Gasteiger partial charge on any atom is 0.161 e. The molecule has 0 amide bonds. The molecule has 1 aliphatic heterocycles. The monoisotopic (exact) mass is 699 g/mol. The van der Waals surface area contributed by atoms with E-state index >= 15 is 0 Å². The van der Waals surface area contributed by atoms with Crippen molar-refractivity contribution in [2.75, 3.05) is 26.4 Å². The molecule has 1 heterocycles. The highest BCUT2D eigenvalue weighted by Gasteiger charge is 2.29. The van der Waals surface area contributed by atoms with Crippen molar-refractivity contribution in [3.05, 3.63) is 105 Å². The quantitative estimate of drug-likeness (QED) is 0.105. The van der Waals surface area contributed by atoms with Gasteiger partial charge in [0.25, 0.3) is 0 Å². The maximum atomic E-state index is 10.3. The van der Waals surface area contributed by atoms with Crippen LogP contribution in [-0.2, 0) is 19.8 Å². The number of hydrogen-bond acceptors (Lipinski definition) is 10.